The van der Waals surface area contributed by atoms with Gasteiger partial charge in [-0.1, -0.05) is 18.9 Å². The Balaban J connectivity index is 1.55. The van der Waals surface area contributed by atoms with E-state index < -0.39 is 0 Å². The van der Waals surface area contributed by atoms with E-state index in [0.29, 0.717) is 13.2 Å². The van der Waals surface area contributed by atoms with E-state index in [2.05, 4.69) is 27.0 Å². The molecular formula is C18H22N2O2S. The summed E-state index contributed by atoms with van der Waals surface area (Å²) in [5.74, 6) is 0.159. The molecule has 2 fully saturated rings. The van der Waals surface area contributed by atoms with Crippen LogP contribution in [0.4, 0.5) is 0 Å². The quantitative estimate of drug-likeness (QED) is 0.865. The van der Waals surface area contributed by atoms with Crippen molar-refractivity contribution in [3.8, 4) is 0 Å². The maximum atomic E-state index is 13.1. The van der Waals surface area contributed by atoms with Gasteiger partial charge in [0.15, 0.2) is 0 Å². The minimum atomic E-state index is 0.159. The van der Waals surface area contributed by atoms with Crippen LogP contribution in [0.3, 0.4) is 0 Å². The van der Waals surface area contributed by atoms with Gasteiger partial charge < -0.3 is 14.2 Å². The average Bonchev–Trinajstić information content (AvgIpc) is 3.26. The van der Waals surface area contributed by atoms with Crippen LogP contribution in [0, 0.1) is 0 Å². The number of hydrogen-bond donors (Lipinski definition) is 0. The highest BCUT2D eigenvalue weighted by Gasteiger charge is 2.37. The Morgan fingerprint density at radius 2 is 2.17 bits per heavy atom. The van der Waals surface area contributed by atoms with Crippen molar-refractivity contribution in [2.45, 2.75) is 44.4 Å². The van der Waals surface area contributed by atoms with Crippen molar-refractivity contribution in [2.24, 2.45) is 0 Å². The summed E-state index contributed by atoms with van der Waals surface area (Å²) in [6, 6.07) is 8.35. The number of rotatable bonds is 3. The molecule has 4 nitrogen and oxygen atoms in total. The molecule has 122 valence electrons. The van der Waals surface area contributed by atoms with Gasteiger partial charge >= 0.3 is 0 Å². The molecular weight excluding hydrogens is 308 g/mol. The van der Waals surface area contributed by atoms with Crippen LogP contribution >= 0.6 is 11.3 Å². The molecule has 0 radical (unpaired) electrons. The zero-order chi connectivity index (χ0) is 15.6. The monoisotopic (exact) mass is 330 g/mol. The highest BCUT2D eigenvalue weighted by atomic mass is 32.1. The Hall–Kier alpha value is -1.59. The number of carbonyl (C=O) groups excluding carboxylic acids is 1. The smallest absolute Gasteiger partial charge is 0.270 e. The normalized spacial score (nSPS) is 24.4. The number of ether oxygens (including phenoxy) is 1. The topological polar surface area (TPSA) is 34.5 Å². The molecule has 2 atom stereocenters. The lowest BCUT2D eigenvalue weighted by atomic mass is 9.90. The number of morpholine rings is 1. The highest BCUT2D eigenvalue weighted by molar-refractivity contribution is 7.09. The van der Waals surface area contributed by atoms with E-state index >= 15 is 0 Å². The minimum Gasteiger partial charge on any atom is -0.374 e. The summed E-state index contributed by atoms with van der Waals surface area (Å²) in [5.41, 5.74) is 0.796. The van der Waals surface area contributed by atoms with Crippen LogP contribution in [0.15, 0.2) is 35.8 Å². The molecule has 1 aliphatic heterocycles. The molecule has 2 aliphatic rings. The van der Waals surface area contributed by atoms with E-state index in [1.54, 1.807) is 11.3 Å². The van der Waals surface area contributed by atoms with E-state index in [-0.39, 0.29) is 18.1 Å². The van der Waals surface area contributed by atoms with Gasteiger partial charge in [-0.05, 0) is 36.4 Å². The summed E-state index contributed by atoms with van der Waals surface area (Å²) in [4.78, 5) is 16.5. The zero-order valence-corrected chi connectivity index (χ0v) is 14.0. The molecule has 1 saturated carbocycles. The lowest BCUT2D eigenvalue weighted by Gasteiger charge is -2.43. The van der Waals surface area contributed by atoms with Crippen LogP contribution in [-0.2, 0) is 11.3 Å². The molecule has 2 aromatic heterocycles. The molecule has 1 amide bonds. The molecule has 3 heterocycles. The molecule has 0 unspecified atom stereocenters. The van der Waals surface area contributed by atoms with Crippen molar-refractivity contribution >= 4 is 17.2 Å². The van der Waals surface area contributed by atoms with Gasteiger partial charge in [0.05, 0.1) is 25.3 Å². The fourth-order valence-electron chi connectivity index (χ4n) is 3.81. The molecule has 23 heavy (non-hydrogen) atoms. The van der Waals surface area contributed by atoms with Gasteiger partial charge in [0.25, 0.3) is 5.91 Å². The largest absolute Gasteiger partial charge is 0.374 e. The molecule has 1 saturated heterocycles. The van der Waals surface area contributed by atoms with E-state index in [4.69, 9.17) is 4.74 Å². The lowest BCUT2D eigenvalue weighted by molar-refractivity contribution is -0.0755. The molecule has 2 aromatic rings. The van der Waals surface area contributed by atoms with Crippen LogP contribution in [0.25, 0.3) is 0 Å². The maximum Gasteiger partial charge on any atom is 0.270 e. The van der Waals surface area contributed by atoms with Crippen LogP contribution < -0.4 is 0 Å². The second-order valence-electron chi connectivity index (χ2n) is 6.36. The average molecular weight is 330 g/mol. The number of hydrogen-bond acceptors (Lipinski definition) is 3. The number of nitrogens with zero attached hydrogens (tertiary/aromatic N) is 2. The van der Waals surface area contributed by atoms with Crippen molar-refractivity contribution in [1.82, 2.24) is 9.47 Å². The van der Waals surface area contributed by atoms with Crippen LogP contribution in [-0.4, -0.2) is 40.7 Å². The molecule has 5 heteroatoms. The second kappa shape index (κ2) is 6.49. The summed E-state index contributed by atoms with van der Waals surface area (Å²) in [6.07, 6.45) is 6.82. The van der Waals surface area contributed by atoms with E-state index in [1.165, 1.54) is 17.7 Å². The molecule has 0 N–H and O–H groups in total. The van der Waals surface area contributed by atoms with Crippen molar-refractivity contribution < 1.29 is 9.53 Å². The van der Waals surface area contributed by atoms with Gasteiger partial charge in [-0.3, -0.25) is 4.79 Å². The highest BCUT2D eigenvalue weighted by Crippen LogP contribution is 2.29. The summed E-state index contributed by atoms with van der Waals surface area (Å²) in [7, 11) is 0. The Bertz CT molecular complexity index is 662. The molecule has 0 bridgehead atoms. The van der Waals surface area contributed by atoms with E-state index in [9.17, 15) is 4.79 Å². The number of fused-ring (bicyclic) bond motifs is 1. The van der Waals surface area contributed by atoms with Gasteiger partial charge in [-0.15, -0.1) is 11.3 Å². The third-order valence-electron chi connectivity index (χ3n) is 4.95. The predicted octanol–water partition coefficient (Wildman–Crippen LogP) is 3.38. The first-order valence-electron chi connectivity index (χ1n) is 8.43. The first-order valence-corrected chi connectivity index (χ1v) is 9.31. The summed E-state index contributed by atoms with van der Waals surface area (Å²) >= 11 is 1.73. The standard InChI is InChI=1S/C18H22N2O2S/c21-18(20-10-11-22-17-8-2-1-6-15(17)20)16-7-3-9-19(16)13-14-5-4-12-23-14/h3-5,7,9,12,15,17H,1-2,6,8,10-11,13H2/t15-,17+/m1/s1. The van der Waals surface area contributed by atoms with E-state index in [1.807, 2.05) is 18.3 Å². The fourth-order valence-corrected chi connectivity index (χ4v) is 4.52. The Morgan fingerprint density at radius 1 is 1.26 bits per heavy atom. The minimum absolute atomic E-state index is 0.159. The van der Waals surface area contributed by atoms with Crippen molar-refractivity contribution in [1.29, 1.82) is 0 Å². The summed E-state index contributed by atoms with van der Waals surface area (Å²) in [6.45, 7) is 2.15. The lowest BCUT2D eigenvalue weighted by Crippen LogP contribution is -2.55. The maximum absolute atomic E-state index is 13.1. The van der Waals surface area contributed by atoms with Gasteiger partial charge in [-0.25, -0.2) is 0 Å². The third-order valence-corrected chi connectivity index (χ3v) is 5.81. The predicted molar refractivity (Wildman–Crippen MR) is 90.9 cm³/mol. The van der Waals surface area contributed by atoms with Crippen LogP contribution in [0.2, 0.25) is 0 Å². The first kappa shape index (κ1) is 15.0. The molecule has 1 aliphatic carbocycles. The Labute approximate surface area is 140 Å². The fraction of sp³-hybridized carbons (Fsp3) is 0.500. The third kappa shape index (κ3) is 2.95. The first-order chi connectivity index (χ1) is 11.3. The second-order valence-corrected chi connectivity index (χ2v) is 7.39. The van der Waals surface area contributed by atoms with Gasteiger partial charge in [0.2, 0.25) is 0 Å². The molecule has 4 rings (SSSR count). The van der Waals surface area contributed by atoms with Crippen molar-refractivity contribution in [3.63, 3.8) is 0 Å². The zero-order valence-electron chi connectivity index (χ0n) is 13.2. The number of amides is 1. The number of aromatic nitrogens is 1. The van der Waals surface area contributed by atoms with Crippen LogP contribution in [0.5, 0.6) is 0 Å². The molecule has 0 aromatic carbocycles. The summed E-state index contributed by atoms with van der Waals surface area (Å²) < 4.78 is 7.97. The van der Waals surface area contributed by atoms with Crippen molar-refractivity contribution in [3.05, 3.63) is 46.4 Å². The Kier molecular flexibility index (Phi) is 4.23. The molecule has 0 spiro atoms. The van der Waals surface area contributed by atoms with Gasteiger partial charge in [0, 0.05) is 17.6 Å². The van der Waals surface area contributed by atoms with Gasteiger partial charge in [0.1, 0.15) is 5.69 Å². The van der Waals surface area contributed by atoms with E-state index in [0.717, 1.165) is 25.1 Å². The van der Waals surface area contributed by atoms with Crippen molar-refractivity contribution in [2.75, 3.05) is 13.2 Å². The number of thiophene rings is 1. The summed E-state index contributed by atoms with van der Waals surface area (Å²) in [5, 5.41) is 2.08. The van der Waals surface area contributed by atoms with Crippen LogP contribution in [0.1, 0.15) is 41.0 Å². The number of carbonyl (C=O) groups is 1. The SMILES string of the molecule is O=C(c1cccn1Cc1cccs1)N1CCO[C@H]2CCCC[C@H]21. The van der Waals surface area contributed by atoms with Gasteiger partial charge in [-0.2, -0.15) is 0 Å². The Morgan fingerprint density at radius 3 is 3.04 bits per heavy atom.